The van der Waals surface area contributed by atoms with Crippen LogP contribution in [-0.4, -0.2) is 27.6 Å². The topological polar surface area (TPSA) is 30.7 Å². The van der Waals surface area contributed by atoms with E-state index < -0.39 is 10.3 Å². The molecule has 2 aromatic carbocycles. The van der Waals surface area contributed by atoms with E-state index in [2.05, 4.69) is 17.0 Å². The van der Waals surface area contributed by atoms with Crippen LogP contribution in [0.5, 0.6) is 0 Å². The fourth-order valence-corrected chi connectivity index (χ4v) is 5.17. The van der Waals surface area contributed by atoms with Crippen molar-refractivity contribution in [1.82, 2.24) is 0 Å². The average Bonchev–Trinajstić information content (AvgIpc) is 2.73. The zero-order valence-corrected chi connectivity index (χ0v) is 19.0. The van der Waals surface area contributed by atoms with Crippen molar-refractivity contribution in [1.29, 1.82) is 0 Å². The van der Waals surface area contributed by atoms with Gasteiger partial charge in [0, 0.05) is 20.3 Å². The first kappa shape index (κ1) is 23.1. The van der Waals surface area contributed by atoms with Crippen molar-refractivity contribution in [2.45, 2.75) is 49.8 Å². The Balaban J connectivity index is 2.36. The fraction of sp³-hybridized carbons (Fsp3) is 0.375. The van der Waals surface area contributed by atoms with Gasteiger partial charge in [-0.05, 0) is 30.4 Å². The van der Waals surface area contributed by atoms with Gasteiger partial charge in [0.05, 0.1) is 11.3 Å². The number of ether oxygens (including phenoxy) is 1. The Morgan fingerprint density at radius 3 is 2.14 bits per heavy atom. The molecule has 152 valence electrons. The summed E-state index contributed by atoms with van der Waals surface area (Å²) in [6.07, 6.45) is 1.17. The van der Waals surface area contributed by atoms with Gasteiger partial charge in [-0.3, -0.25) is 4.79 Å². The average molecular weight is 426 g/mol. The van der Waals surface area contributed by atoms with E-state index in [-0.39, 0.29) is 11.9 Å². The Hall–Kier alpha value is -2.16. The van der Waals surface area contributed by atoms with Crippen LogP contribution >= 0.6 is 24.0 Å². The van der Waals surface area contributed by atoms with Crippen molar-refractivity contribution in [3.63, 3.8) is 0 Å². The molecule has 0 fully saturated rings. The molecule has 0 N–H and O–H groups in total. The zero-order chi connectivity index (χ0) is 21.5. The van der Waals surface area contributed by atoms with E-state index in [0.29, 0.717) is 17.0 Å². The predicted molar refractivity (Wildman–Crippen MR) is 125 cm³/mol. The van der Waals surface area contributed by atoms with E-state index in [9.17, 15) is 4.79 Å². The highest BCUT2D eigenvalue weighted by molar-refractivity contribution is 8.25. The molecule has 0 aliphatic rings. The number of rotatable bonds is 8. The molecule has 0 bridgehead atoms. The third-order valence-corrected chi connectivity index (χ3v) is 6.59. The predicted octanol–water partition coefficient (Wildman–Crippen LogP) is 6.29. The summed E-state index contributed by atoms with van der Waals surface area (Å²) in [4.78, 5) is 16.6. The van der Waals surface area contributed by atoms with Crippen LogP contribution in [0.2, 0.25) is 0 Å². The SMILES string of the molecule is [C-]#[N+]C(C)(C)CC(CC(C)(SC(=S)c1ccccc1)C(=O)OC)c1ccccc1. The molecule has 0 aliphatic carbocycles. The van der Waals surface area contributed by atoms with E-state index in [1.54, 1.807) is 0 Å². The number of thiocarbonyl (C=S) groups is 1. The zero-order valence-electron chi connectivity index (χ0n) is 17.3. The fourth-order valence-electron chi connectivity index (χ4n) is 3.37. The number of hydrogen-bond acceptors (Lipinski definition) is 4. The Kier molecular flexibility index (Phi) is 8.01. The number of carbonyl (C=O) groups excluding carboxylic acids is 1. The molecule has 0 heterocycles. The van der Waals surface area contributed by atoms with Crippen LogP contribution in [0.4, 0.5) is 0 Å². The second-order valence-corrected chi connectivity index (χ2v) is 10.1. The highest BCUT2D eigenvalue weighted by Crippen LogP contribution is 2.42. The van der Waals surface area contributed by atoms with Gasteiger partial charge in [-0.15, -0.1) is 0 Å². The molecule has 0 saturated heterocycles. The summed E-state index contributed by atoms with van der Waals surface area (Å²) in [5, 5.41) is 0. The number of esters is 1. The van der Waals surface area contributed by atoms with Crippen LogP contribution in [-0.2, 0) is 9.53 Å². The molecule has 2 rings (SSSR count). The lowest BCUT2D eigenvalue weighted by Gasteiger charge is -2.32. The lowest BCUT2D eigenvalue weighted by molar-refractivity contribution is -0.143. The van der Waals surface area contributed by atoms with Gasteiger partial charge in [-0.25, -0.2) is 6.57 Å². The Labute approximate surface area is 183 Å². The Bertz CT molecular complexity index is 875. The van der Waals surface area contributed by atoms with Crippen LogP contribution in [0.15, 0.2) is 60.7 Å². The van der Waals surface area contributed by atoms with Crippen LogP contribution < -0.4 is 0 Å². The van der Waals surface area contributed by atoms with Gasteiger partial charge in [-0.2, -0.15) is 0 Å². The maximum atomic E-state index is 12.8. The minimum atomic E-state index is -0.861. The standard InChI is InChI=1S/C24H27NO2S2/c1-23(2,25-4)16-20(18-12-8-6-9-13-18)17-24(3,22(26)27-5)29-21(28)19-14-10-7-11-15-19/h6-15,20H,16-17H2,1-3,5H3. The van der Waals surface area contributed by atoms with Crippen molar-refractivity contribution < 1.29 is 9.53 Å². The Morgan fingerprint density at radius 2 is 1.62 bits per heavy atom. The molecule has 0 radical (unpaired) electrons. The minimum absolute atomic E-state index is 0.0236. The highest BCUT2D eigenvalue weighted by atomic mass is 32.2. The van der Waals surface area contributed by atoms with Gasteiger partial charge >= 0.3 is 5.97 Å². The van der Waals surface area contributed by atoms with Crippen LogP contribution in [0.3, 0.4) is 0 Å². The number of benzene rings is 2. The van der Waals surface area contributed by atoms with Crippen LogP contribution in [0, 0.1) is 6.57 Å². The first-order valence-electron chi connectivity index (χ1n) is 9.51. The third-order valence-electron chi connectivity index (χ3n) is 4.90. The molecule has 3 nitrogen and oxygen atoms in total. The minimum Gasteiger partial charge on any atom is -0.468 e. The van der Waals surface area contributed by atoms with Gasteiger partial charge in [0.1, 0.15) is 4.75 Å². The molecule has 5 heteroatoms. The number of nitrogens with zero attached hydrogens (tertiary/aromatic N) is 1. The smallest absolute Gasteiger partial charge is 0.322 e. The van der Waals surface area contributed by atoms with Crippen LogP contribution in [0.25, 0.3) is 4.85 Å². The quantitative estimate of drug-likeness (QED) is 0.282. The molecule has 2 atom stereocenters. The Morgan fingerprint density at radius 1 is 1.07 bits per heavy atom. The molecule has 0 amide bonds. The van der Waals surface area contributed by atoms with Gasteiger partial charge in [-0.1, -0.05) is 84.6 Å². The lowest BCUT2D eigenvalue weighted by Crippen LogP contribution is -2.37. The molecular formula is C24H27NO2S2. The third kappa shape index (κ3) is 6.42. The maximum Gasteiger partial charge on any atom is 0.322 e. The van der Waals surface area contributed by atoms with Crippen LogP contribution in [0.1, 0.15) is 50.7 Å². The van der Waals surface area contributed by atoms with Crippen molar-refractivity contribution in [2.75, 3.05) is 7.11 Å². The summed E-state index contributed by atoms with van der Waals surface area (Å²) in [5.74, 6) is -0.280. The van der Waals surface area contributed by atoms with Crippen molar-refractivity contribution >= 4 is 34.1 Å². The molecular weight excluding hydrogens is 398 g/mol. The van der Waals surface area contributed by atoms with Gasteiger partial charge in [0.15, 0.2) is 0 Å². The van der Waals surface area contributed by atoms with Gasteiger partial charge < -0.3 is 9.58 Å². The second kappa shape index (κ2) is 10.0. The molecule has 0 spiro atoms. The van der Waals surface area contributed by atoms with E-state index in [1.807, 2.05) is 69.3 Å². The van der Waals surface area contributed by atoms with E-state index >= 15 is 0 Å². The molecule has 0 aromatic heterocycles. The van der Waals surface area contributed by atoms with E-state index in [4.69, 9.17) is 23.5 Å². The summed E-state index contributed by atoms with van der Waals surface area (Å²) in [5.41, 5.74) is 1.51. The monoisotopic (exact) mass is 425 g/mol. The van der Waals surface area contributed by atoms with Gasteiger partial charge in [0.25, 0.3) is 0 Å². The molecule has 29 heavy (non-hydrogen) atoms. The second-order valence-electron chi connectivity index (χ2n) is 7.92. The first-order chi connectivity index (χ1) is 13.7. The maximum absolute atomic E-state index is 12.8. The van der Waals surface area contributed by atoms with Gasteiger partial charge in [0.2, 0.25) is 5.54 Å². The van der Waals surface area contributed by atoms with Crippen molar-refractivity contribution in [3.05, 3.63) is 83.2 Å². The summed E-state index contributed by atoms with van der Waals surface area (Å²) in [6.45, 7) is 13.3. The molecule has 2 unspecified atom stereocenters. The van der Waals surface area contributed by atoms with Crippen molar-refractivity contribution in [2.24, 2.45) is 0 Å². The highest BCUT2D eigenvalue weighted by Gasteiger charge is 2.41. The summed E-state index contributed by atoms with van der Waals surface area (Å²) < 4.78 is 4.97. The van der Waals surface area contributed by atoms with E-state index in [0.717, 1.165) is 11.1 Å². The number of thioether (sulfide) groups is 1. The lowest BCUT2D eigenvalue weighted by atomic mass is 9.81. The summed E-state index contributed by atoms with van der Waals surface area (Å²) in [6, 6.07) is 19.8. The molecule has 0 saturated carbocycles. The summed E-state index contributed by atoms with van der Waals surface area (Å²) in [7, 11) is 1.41. The number of carbonyl (C=O) groups is 1. The van der Waals surface area contributed by atoms with Crippen molar-refractivity contribution in [3.8, 4) is 0 Å². The molecule has 2 aromatic rings. The number of methoxy groups -OCH3 is 1. The molecule has 0 aliphatic heterocycles. The largest absolute Gasteiger partial charge is 0.468 e. The summed E-state index contributed by atoms with van der Waals surface area (Å²) >= 11 is 7.01. The first-order valence-corrected chi connectivity index (χ1v) is 10.7. The van der Waals surface area contributed by atoms with E-state index in [1.165, 1.54) is 18.9 Å². The number of hydrogen-bond donors (Lipinski definition) is 0. The normalized spacial score (nSPS) is 14.3.